The molecule has 5 nitrogen and oxygen atoms in total. The molecule has 144 valence electrons. The lowest BCUT2D eigenvalue weighted by Crippen LogP contribution is -2.23. The largest absolute Gasteiger partial charge is 0.323 e. The fourth-order valence-corrected chi connectivity index (χ4v) is 3.51. The van der Waals surface area contributed by atoms with Gasteiger partial charge in [0.25, 0.3) is 0 Å². The Morgan fingerprint density at radius 1 is 1.21 bits per heavy atom. The third-order valence-corrected chi connectivity index (χ3v) is 5.35. The van der Waals surface area contributed by atoms with E-state index < -0.39 is 22.8 Å². The minimum Gasteiger partial charge on any atom is -0.323 e. The first-order chi connectivity index (χ1) is 13.5. The number of halogens is 2. The highest BCUT2D eigenvalue weighted by Crippen LogP contribution is 2.40. The van der Waals surface area contributed by atoms with E-state index in [-0.39, 0.29) is 5.69 Å². The van der Waals surface area contributed by atoms with Crippen LogP contribution in [0.15, 0.2) is 53.7 Å². The van der Waals surface area contributed by atoms with Gasteiger partial charge >= 0.3 is 0 Å². The van der Waals surface area contributed by atoms with Crippen molar-refractivity contribution < 1.29 is 13.6 Å². The zero-order valence-electron chi connectivity index (χ0n) is 15.1. The second-order valence-electron chi connectivity index (χ2n) is 6.65. The van der Waals surface area contributed by atoms with Gasteiger partial charge in [0.05, 0.1) is 16.6 Å². The standard InChI is InChI=1S/C20H18F2N4OS/c1-12(19(27)23-17-10-9-14(21)11-16(17)22)28-20-24-18(13-7-8-13)26(25-20)15-5-3-2-4-6-15/h2-6,9-13H,7-8H2,1H3,(H,23,27)/t12-/m0/s1. The maximum absolute atomic E-state index is 13.8. The number of nitrogens with one attached hydrogen (secondary N) is 1. The molecule has 1 fully saturated rings. The monoisotopic (exact) mass is 400 g/mol. The van der Waals surface area contributed by atoms with Crippen LogP contribution in [0.3, 0.4) is 0 Å². The minimum atomic E-state index is -0.812. The van der Waals surface area contributed by atoms with Gasteiger partial charge in [-0.3, -0.25) is 4.79 Å². The highest BCUT2D eigenvalue weighted by molar-refractivity contribution is 8.00. The molecule has 28 heavy (non-hydrogen) atoms. The molecule has 0 unspecified atom stereocenters. The van der Waals surface area contributed by atoms with Crippen molar-refractivity contribution in [3.05, 3.63) is 66.0 Å². The summed E-state index contributed by atoms with van der Waals surface area (Å²) in [6.07, 6.45) is 2.16. The van der Waals surface area contributed by atoms with Crippen LogP contribution >= 0.6 is 11.8 Å². The van der Waals surface area contributed by atoms with Crippen LogP contribution in [0.2, 0.25) is 0 Å². The molecule has 1 atom stereocenters. The van der Waals surface area contributed by atoms with E-state index in [4.69, 9.17) is 0 Å². The number of anilines is 1. The van der Waals surface area contributed by atoms with E-state index in [0.717, 1.165) is 36.5 Å². The lowest BCUT2D eigenvalue weighted by Gasteiger charge is -2.10. The summed E-state index contributed by atoms with van der Waals surface area (Å²) in [4.78, 5) is 17.0. The van der Waals surface area contributed by atoms with Gasteiger partial charge in [0.1, 0.15) is 17.5 Å². The fraction of sp³-hybridized carbons (Fsp3) is 0.250. The second-order valence-corrected chi connectivity index (χ2v) is 7.96. The van der Waals surface area contributed by atoms with Gasteiger partial charge in [-0.15, -0.1) is 5.10 Å². The highest BCUT2D eigenvalue weighted by Gasteiger charge is 2.31. The molecule has 4 rings (SSSR count). The molecule has 0 radical (unpaired) electrons. The highest BCUT2D eigenvalue weighted by atomic mass is 32.2. The summed E-state index contributed by atoms with van der Waals surface area (Å²) in [5, 5.41) is 6.99. The molecule has 1 aliphatic carbocycles. The first-order valence-electron chi connectivity index (χ1n) is 8.96. The van der Waals surface area contributed by atoms with Crippen LogP contribution in [0.1, 0.15) is 31.5 Å². The number of carbonyl (C=O) groups is 1. The topological polar surface area (TPSA) is 59.8 Å². The van der Waals surface area contributed by atoms with Crippen molar-refractivity contribution in [3.63, 3.8) is 0 Å². The predicted octanol–water partition coefficient (Wildman–Crippen LogP) is 4.54. The Bertz CT molecular complexity index is 1000. The third-order valence-electron chi connectivity index (χ3n) is 4.40. The number of aromatic nitrogens is 3. The Morgan fingerprint density at radius 3 is 2.64 bits per heavy atom. The second kappa shape index (κ2) is 7.71. The predicted molar refractivity (Wildman–Crippen MR) is 104 cm³/mol. The number of benzene rings is 2. The van der Waals surface area contributed by atoms with Crippen LogP contribution in [-0.2, 0) is 4.79 Å². The molecule has 1 heterocycles. The first kappa shape index (κ1) is 18.6. The Kier molecular flexibility index (Phi) is 5.13. The lowest BCUT2D eigenvalue weighted by atomic mass is 10.3. The average molecular weight is 400 g/mol. The van der Waals surface area contributed by atoms with E-state index in [1.165, 1.54) is 17.8 Å². The molecular weight excluding hydrogens is 382 g/mol. The summed E-state index contributed by atoms with van der Waals surface area (Å²) in [5.74, 6) is -0.626. The van der Waals surface area contributed by atoms with Crippen LogP contribution in [0.4, 0.5) is 14.5 Å². The molecule has 1 aromatic heterocycles. The van der Waals surface area contributed by atoms with E-state index in [1.807, 2.05) is 35.0 Å². The molecule has 0 spiro atoms. The van der Waals surface area contributed by atoms with E-state index in [2.05, 4.69) is 15.4 Å². The molecule has 8 heteroatoms. The molecule has 1 aliphatic rings. The summed E-state index contributed by atoms with van der Waals surface area (Å²) >= 11 is 1.20. The third kappa shape index (κ3) is 4.06. The summed E-state index contributed by atoms with van der Waals surface area (Å²) in [6, 6.07) is 12.8. The summed E-state index contributed by atoms with van der Waals surface area (Å²) in [7, 11) is 0. The van der Waals surface area contributed by atoms with Crippen molar-refractivity contribution in [2.75, 3.05) is 5.32 Å². The van der Waals surface area contributed by atoms with Crippen molar-refractivity contribution in [1.82, 2.24) is 14.8 Å². The molecule has 3 aromatic rings. The summed E-state index contributed by atoms with van der Waals surface area (Å²) < 4.78 is 28.6. The zero-order valence-corrected chi connectivity index (χ0v) is 15.9. The Morgan fingerprint density at radius 2 is 1.96 bits per heavy atom. The van der Waals surface area contributed by atoms with Gasteiger partial charge in [-0.2, -0.15) is 0 Å². The molecule has 1 saturated carbocycles. The lowest BCUT2D eigenvalue weighted by molar-refractivity contribution is -0.115. The van der Waals surface area contributed by atoms with Crippen molar-refractivity contribution >= 4 is 23.4 Å². The van der Waals surface area contributed by atoms with Crippen molar-refractivity contribution in [3.8, 4) is 5.69 Å². The van der Waals surface area contributed by atoms with Gasteiger partial charge < -0.3 is 5.32 Å². The Labute approximate surface area is 165 Å². The number of amides is 1. The molecule has 0 saturated heterocycles. The zero-order chi connectivity index (χ0) is 19.7. The maximum atomic E-state index is 13.8. The van der Waals surface area contributed by atoms with Crippen LogP contribution < -0.4 is 5.32 Å². The summed E-state index contributed by atoms with van der Waals surface area (Å²) in [6.45, 7) is 1.70. The fourth-order valence-electron chi connectivity index (χ4n) is 2.76. The summed E-state index contributed by atoms with van der Waals surface area (Å²) in [5.41, 5.74) is 0.870. The van der Waals surface area contributed by atoms with Crippen LogP contribution in [0.25, 0.3) is 5.69 Å². The molecule has 1 amide bonds. The van der Waals surface area contributed by atoms with Gasteiger partial charge in [-0.1, -0.05) is 30.0 Å². The van der Waals surface area contributed by atoms with Gasteiger partial charge in [0.15, 0.2) is 0 Å². The van der Waals surface area contributed by atoms with Crippen LogP contribution in [-0.4, -0.2) is 25.9 Å². The van der Waals surface area contributed by atoms with Crippen molar-refractivity contribution in [2.24, 2.45) is 0 Å². The number of hydrogen-bond acceptors (Lipinski definition) is 4. The van der Waals surface area contributed by atoms with Crippen LogP contribution in [0, 0.1) is 11.6 Å². The number of nitrogens with zero attached hydrogens (tertiary/aromatic N) is 3. The molecule has 2 aromatic carbocycles. The van der Waals surface area contributed by atoms with Crippen molar-refractivity contribution in [1.29, 1.82) is 0 Å². The van der Waals surface area contributed by atoms with E-state index in [0.29, 0.717) is 11.1 Å². The first-order valence-corrected chi connectivity index (χ1v) is 9.84. The van der Waals surface area contributed by atoms with Gasteiger partial charge in [0, 0.05) is 12.0 Å². The number of thioether (sulfide) groups is 1. The number of carbonyl (C=O) groups excluding carboxylic acids is 1. The molecule has 0 aliphatic heterocycles. The van der Waals surface area contributed by atoms with Crippen LogP contribution in [0.5, 0.6) is 0 Å². The Balaban J connectivity index is 1.50. The SMILES string of the molecule is C[C@H](Sc1nc(C2CC2)n(-c2ccccc2)n1)C(=O)Nc1ccc(F)cc1F. The quantitative estimate of drug-likeness (QED) is 0.617. The average Bonchev–Trinajstić information content (AvgIpc) is 3.45. The Hall–Kier alpha value is -2.74. The minimum absolute atomic E-state index is 0.0553. The van der Waals surface area contributed by atoms with E-state index in [9.17, 15) is 13.6 Å². The smallest absolute Gasteiger partial charge is 0.237 e. The number of para-hydroxylation sites is 1. The maximum Gasteiger partial charge on any atom is 0.237 e. The van der Waals surface area contributed by atoms with Gasteiger partial charge in [-0.25, -0.2) is 18.4 Å². The van der Waals surface area contributed by atoms with Gasteiger partial charge in [-0.05, 0) is 44.0 Å². The van der Waals surface area contributed by atoms with E-state index in [1.54, 1.807) is 6.92 Å². The molecule has 1 N–H and O–H groups in total. The van der Waals surface area contributed by atoms with E-state index >= 15 is 0 Å². The number of rotatable bonds is 6. The molecule has 0 bridgehead atoms. The molecular formula is C20H18F2N4OS. The normalized spacial score (nSPS) is 14.7. The van der Waals surface area contributed by atoms with Crippen molar-refractivity contribution in [2.45, 2.75) is 36.1 Å². The number of hydrogen-bond donors (Lipinski definition) is 1. The van der Waals surface area contributed by atoms with Gasteiger partial charge in [0.2, 0.25) is 11.1 Å².